The van der Waals surface area contributed by atoms with Gasteiger partial charge in [-0.1, -0.05) is 30.3 Å². The van der Waals surface area contributed by atoms with Gasteiger partial charge in [-0.2, -0.15) is 0 Å². The fourth-order valence-electron chi connectivity index (χ4n) is 3.04. The van der Waals surface area contributed by atoms with Crippen molar-refractivity contribution in [3.63, 3.8) is 0 Å². The van der Waals surface area contributed by atoms with Crippen LogP contribution in [0.1, 0.15) is 35.7 Å². The number of nitrogens with zero attached hydrogens (tertiary/aromatic N) is 1. The van der Waals surface area contributed by atoms with Crippen LogP contribution in [0.2, 0.25) is 0 Å². The summed E-state index contributed by atoms with van der Waals surface area (Å²) in [5.74, 6) is -1.70. The van der Waals surface area contributed by atoms with Gasteiger partial charge in [0, 0.05) is 23.6 Å². The van der Waals surface area contributed by atoms with Gasteiger partial charge in [-0.3, -0.25) is 4.79 Å². The zero-order chi connectivity index (χ0) is 18.0. The van der Waals surface area contributed by atoms with Crippen LogP contribution in [0.5, 0.6) is 0 Å². The first-order valence-corrected chi connectivity index (χ1v) is 8.24. The SMILES string of the molecule is CCn1cc(C(C)C(=O)Nc2ccccc2C(=O)O)c2ccccc21. The van der Waals surface area contributed by atoms with Crippen molar-refractivity contribution >= 4 is 28.5 Å². The van der Waals surface area contributed by atoms with Crippen molar-refractivity contribution in [2.75, 3.05) is 5.32 Å². The molecule has 25 heavy (non-hydrogen) atoms. The Bertz CT molecular complexity index is 943. The number of carbonyl (C=O) groups is 2. The van der Waals surface area contributed by atoms with Crippen LogP contribution < -0.4 is 5.32 Å². The zero-order valence-corrected chi connectivity index (χ0v) is 14.2. The number of nitrogens with one attached hydrogen (secondary N) is 1. The lowest BCUT2D eigenvalue weighted by Crippen LogP contribution is -2.20. The summed E-state index contributed by atoms with van der Waals surface area (Å²) in [5, 5.41) is 13.0. The molecular weight excluding hydrogens is 316 g/mol. The molecule has 2 aromatic carbocycles. The average molecular weight is 336 g/mol. The number of para-hydroxylation sites is 2. The van der Waals surface area contributed by atoms with Crippen molar-refractivity contribution in [1.82, 2.24) is 4.57 Å². The van der Waals surface area contributed by atoms with Gasteiger partial charge in [0.05, 0.1) is 17.2 Å². The second kappa shape index (κ2) is 6.81. The van der Waals surface area contributed by atoms with Crippen molar-refractivity contribution in [2.45, 2.75) is 26.3 Å². The van der Waals surface area contributed by atoms with Crippen molar-refractivity contribution < 1.29 is 14.7 Å². The van der Waals surface area contributed by atoms with E-state index in [0.717, 1.165) is 23.0 Å². The maximum atomic E-state index is 12.7. The summed E-state index contributed by atoms with van der Waals surface area (Å²) in [6.07, 6.45) is 2.00. The highest BCUT2D eigenvalue weighted by molar-refractivity contribution is 6.03. The molecule has 0 aliphatic carbocycles. The highest BCUT2D eigenvalue weighted by atomic mass is 16.4. The highest BCUT2D eigenvalue weighted by Gasteiger charge is 2.21. The smallest absolute Gasteiger partial charge is 0.337 e. The second-order valence-corrected chi connectivity index (χ2v) is 5.95. The molecule has 1 atom stereocenters. The van der Waals surface area contributed by atoms with Crippen LogP contribution in [0.15, 0.2) is 54.7 Å². The standard InChI is InChI=1S/C20H20N2O3/c1-3-22-12-16(14-8-5-7-11-18(14)22)13(2)19(23)21-17-10-6-4-9-15(17)20(24)25/h4-13H,3H2,1-2H3,(H,21,23)(H,24,25). The van der Waals surface area contributed by atoms with Crippen LogP contribution in [0, 0.1) is 0 Å². The molecule has 0 aliphatic rings. The minimum Gasteiger partial charge on any atom is -0.478 e. The van der Waals surface area contributed by atoms with Gasteiger partial charge in [-0.05, 0) is 37.6 Å². The molecule has 2 N–H and O–H groups in total. The molecule has 0 spiro atoms. The van der Waals surface area contributed by atoms with Gasteiger partial charge in [0.25, 0.3) is 0 Å². The van der Waals surface area contributed by atoms with Gasteiger partial charge < -0.3 is 15.0 Å². The quantitative estimate of drug-likeness (QED) is 0.737. The Morgan fingerprint density at radius 3 is 2.52 bits per heavy atom. The predicted molar refractivity (Wildman–Crippen MR) is 98.1 cm³/mol. The lowest BCUT2D eigenvalue weighted by atomic mass is 9.99. The van der Waals surface area contributed by atoms with E-state index in [1.165, 1.54) is 6.07 Å². The molecule has 1 amide bonds. The van der Waals surface area contributed by atoms with E-state index in [2.05, 4.69) is 16.8 Å². The van der Waals surface area contributed by atoms with Crippen LogP contribution >= 0.6 is 0 Å². The van der Waals surface area contributed by atoms with Gasteiger partial charge in [-0.15, -0.1) is 0 Å². The molecule has 128 valence electrons. The summed E-state index contributed by atoms with van der Waals surface area (Å²) in [6, 6.07) is 14.4. The van der Waals surface area contributed by atoms with E-state index in [0.29, 0.717) is 5.69 Å². The number of amides is 1. The third-order valence-corrected chi connectivity index (χ3v) is 4.44. The number of benzene rings is 2. The highest BCUT2D eigenvalue weighted by Crippen LogP contribution is 2.29. The molecule has 0 fully saturated rings. The van der Waals surface area contributed by atoms with Gasteiger partial charge in [0.15, 0.2) is 0 Å². The predicted octanol–water partition coefficient (Wildman–Crippen LogP) is 4.10. The number of anilines is 1. The second-order valence-electron chi connectivity index (χ2n) is 5.95. The van der Waals surface area contributed by atoms with Crippen molar-refractivity contribution in [3.8, 4) is 0 Å². The molecule has 3 rings (SSSR count). The molecule has 3 aromatic rings. The van der Waals surface area contributed by atoms with E-state index in [1.54, 1.807) is 18.2 Å². The topological polar surface area (TPSA) is 71.3 Å². The molecule has 1 unspecified atom stereocenters. The number of aromatic nitrogens is 1. The van der Waals surface area contributed by atoms with Gasteiger partial charge in [0.1, 0.15) is 0 Å². The summed E-state index contributed by atoms with van der Waals surface area (Å²) in [4.78, 5) is 24.0. The number of aromatic carboxylic acids is 1. The first-order chi connectivity index (χ1) is 12.0. The van der Waals surface area contributed by atoms with Crippen LogP contribution in [-0.2, 0) is 11.3 Å². The van der Waals surface area contributed by atoms with Crippen molar-refractivity contribution in [3.05, 3.63) is 65.9 Å². The van der Waals surface area contributed by atoms with E-state index in [1.807, 2.05) is 37.4 Å². The fraction of sp³-hybridized carbons (Fsp3) is 0.200. The van der Waals surface area contributed by atoms with E-state index in [9.17, 15) is 14.7 Å². The Kier molecular flexibility index (Phi) is 4.57. The Hall–Kier alpha value is -3.08. The largest absolute Gasteiger partial charge is 0.478 e. The minimum atomic E-state index is -1.06. The number of carbonyl (C=O) groups excluding carboxylic acids is 1. The normalized spacial score (nSPS) is 12.1. The summed E-state index contributed by atoms with van der Waals surface area (Å²) in [7, 11) is 0. The third kappa shape index (κ3) is 3.13. The number of hydrogen-bond donors (Lipinski definition) is 2. The van der Waals surface area contributed by atoms with Gasteiger partial charge in [0.2, 0.25) is 5.91 Å². The number of hydrogen-bond acceptors (Lipinski definition) is 2. The van der Waals surface area contributed by atoms with Crippen molar-refractivity contribution in [2.24, 2.45) is 0 Å². The van der Waals surface area contributed by atoms with E-state index in [-0.39, 0.29) is 11.5 Å². The number of carboxylic acid groups (broad SMARTS) is 1. The fourth-order valence-corrected chi connectivity index (χ4v) is 3.04. The minimum absolute atomic E-state index is 0.0824. The van der Waals surface area contributed by atoms with E-state index >= 15 is 0 Å². The molecule has 5 heteroatoms. The number of fused-ring (bicyclic) bond motifs is 1. The van der Waals surface area contributed by atoms with Crippen LogP contribution in [0.4, 0.5) is 5.69 Å². The molecule has 1 aromatic heterocycles. The average Bonchev–Trinajstić information content (AvgIpc) is 3.00. The van der Waals surface area contributed by atoms with E-state index in [4.69, 9.17) is 0 Å². The Labute approximate surface area is 145 Å². The van der Waals surface area contributed by atoms with E-state index < -0.39 is 11.9 Å². The molecule has 1 heterocycles. The molecule has 0 bridgehead atoms. The van der Waals surface area contributed by atoms with Crippen LogP contribution in [0.3, 0.4) is 0 Å². The summed E-state index contributed by atoms with van der Waals surface area (Å²) in [5.41, 5.74) is 2.42. The molecule has 0 radical (unpaired) electrons. The van der Waals surface area contributed by atoms with Crippen molar-refractivity contribution in [1.29, 1.82) is 0 Å². The zero-order valence-electron chi connectivity index (χ0n) is 14.2. The van der Waals surface area contributed by atoms with Crippen LogP contribution in [0.25, 0.3) is 10.9 Å². The molecule has 0 saturated heterocycles. The lowest BCUT2D eigenvalue weighted by Gasteiger charge is -2.13. The molecule has 0 aliphatic heterocycles. The maximum Gasteiger partial charge on any atom is 0.337 e. The summed E-state index contributed by atoms with van der Waals surface area (Å²) < 4.78 is 2.11. The number of carboxylic acids is 1. The number of rotatable bonds is 5. The lowest BCUT2D eigenvalue weighted by molar-refractivity contribution is -0.117. The molecule has 0 saturated carbocycles. The Balaban J connectivity index is 1.93. The number of aryl methyl sites for hydroxylation is 1. The molecular formula is C20H20N2O3. The van der Waals surface area contributed by atoms with Gasteiger partial charge in [-0.25, -0.2) is 4.79 Å². The van der Waals surface area contributed by atoms with Crippen LogP contribution in [-0.4, -0.2) is 21.6 Å². The third-order valence-electron chi connectivity index (χ3n) is 4.44. The first kappa shape index (κ1) is 16.8. The monoisotopic (exact) mass is 336 g/mol. The summed E-state index contributed by atoms with van der Waals surface area (Å²) >= 11 is 0. The Morgan fingerprint density at radius 1 is 1.12 bits per heavy atom. The van der Waals surface area contributed by atoms with Gasteiger partial charge >= 0.3 is 5.97 Å². The maximum absolute atomic E-state index is 12.7. The Morgan fingerprint density at radius 2 is 1.80 bits per heavy atom. The summed E-state index contributed by atoms with van der Waals surface area (Å²) in [6.45, 7) is 4.71. The first-order valence-electron chi connectivity index (χ1n) is 8.24. The molecule has 5 nitrogen and oxygen atoms in total.